The van der Waals surface area contributed by atoms with Crippen LogP contribution in [0.5, 0.6) is 5.75 Å². The molecule has 0 bridgehead atoms. The van der Waals surface area contributed by atoms with E-state index in [2.05, 4.69) is 15.1 Å². The lowest BCUT2D eigenvalue weighted by molar-refractivity contribution is -0.384. The molecule has 0 spiro atoms. The Hall–Kier alpha value is -2.71. The van der Waals surface area contributed by atoms with Crippen LogP contribution >= 0.6 is 0 Å². The molecular formula is C10H12N4O5. The Bertz CT molecular complexity index is 491. The second kappa shape index (κ2) is 6.89. The SMILES string of the molecule is COc1ccc([N+](=O)[O-])cc1N=NN(C)COC=O. The van der Waals surface area contributed by atoms with Crippen LogP contribution in [0.4, 0.5) is 11.4 Å². The minimum atomic E-state index is -0.544. The van der Waals surface area contributed by atoms with Crippen molar-refractivity contribution >= 4 is 17.8 Å². The molecular weight excluding hydrogens is 256 g/mol. The first-order valence-corrected chi connectivity index (χ1v) is 5.09. The van der Waals surface area contributed by atoms with Gasteiger partial charge in [-0.05, 0) is 6.07 Å². The molecule has 0 heterocycles. The molecule has 0 saturated carbocycles. The van der Waals surface area contributed by atoms with E-state index in [1.54, 1.807) is 0 Å². The maximum atomic E-state index is 10.7. The van der Waals surface area contributed by atoms with Crippen molar-refractivity contribution in [3.05, 3.63) is 28.3 Å². The number of non-ortho nitro benzene ring substituents is 1. The minimum absolute atomic E-state index is 0.0791. The average molecular weight is 268 g/mol. The van der Waals surface area contributed by atoms with E-state index in [1.165, 1.54) is 37.4 Å². The molecule has 1 aromatic carbocycles. The lowest BCUT2D eigenvalue weighted by Gasteiger charge is -2.09. The van der Waals surface area contributed by atoms with Gasteiger partial charge in [0.1, 0.15) is 11.4 Å². The molecule has 102 valence electrons. The average Bonchev–Trinajstić information content (AvgIpc) is 2.42. The van der Waals surface area contributed by atoms with Gasteiger partial charge < -0.3 is 9.47 Å². The number of nitrogens with zero attached hydrogens (tertiary/aromatic N) is 4. The smallest absolute Gasteiger partial charge is 0.294 e. The third-order valence-corrected chi connectivity index (χ3v) is 2.01. The van der Waals surface area contributed by atoms with Gasteiger partial charge in [-0.2, -0.15) is 0 Å². The Kier molecular flexibility index (Phi) is 5.20. The summed E-state index contributed by atoms with van der Waals surface area (Å²) in [4.78, 5) is 20.1. The second-order valence-corrected chi connectivity index (χ2v) is 3.35. The van der Waals surface area contributed by atoms with Gasteiger partial charge in [0.15, 0.2) is 6.73 Å². The number of nitro groups is 1. The minimum Gasteiger partial charge on any atom is -0.494 e. The van der Waals surface area contributed by atoms with E-state index in [-0.39, 0.29) is 24.6 Å². The molecule has 0 amide bonds. The van der Waals surface area contributed by atoms with Crippen molar-refractivity contribution in [2.75, 3.05) is 20.9 Å². The van der Waals surface area contributed by atoms with Gasteiger partial charge in [0, 0.05) is 19.2 Å². The normalized spacial score (nSPS) is 10.2. The molecule has 0 N–H and O–H groups in total. The fourth-order valence-corrected chi connectivity index (χ4v) is 1.16. The maximum absolute atomic E-state index is 10.7. The van der Waals surface area contributed by atoms with Gasteiger partial charge in [0.05, 0.1) is 12.0 Å². The van der Waals surface area contributed by atoms with Gasteiger partial charge in [0.25, 0.3) is 12.2 Å². The van der Waals surface area contributed by atoms with E-state index in [1.807, 2.05) is 0 Å². The van der Waals surface area contributed by atoms with Crippen molar-refractivity contribution in [2.45, 2.75) is 0 Å². The highest BCUT2D eigenvalue weighted by atomic mass is 16.6. The molecule has 0 saturated heterocycles. The van der Waals surface area contributed by atoms with Crippen molar-refractivity contribution in [1.29, 1.82) is 0 Å². The van der Waals surface area contributed by atoms with Crippen LogP contribution < -0.4 is 4.74 Å². The Morgan fingerprint density at radius 1 is 1.53 bits per heavy atom. The fraction of sp³-hybridized carbons (Fsp3) is 0.300. The van der Waals surface area contributed by atoms with E-state index < -0.39 is 4.92 Å². The highest BCUT2D eigenvalue weighted by Crippen LogP contribution is 2.31. The lowest BCUT2D eigenvalue weighted by Crippen LogP contribution is -2.13. The molecule has 0 aromatic heterocycles. The fourth-order valence-electron chi connectivity index (χ4n) is 1.16. The molecule has 9 nitrogen and oxygen atoms in total. The molecule has 1 aromatic rings. The first-order valence-electron chi connectivity index (χ1n) is 5.09. The van der Waals surface area contributed by atoms with Crippen molar-refractivity contribution in [3.8, 4) is 5.75 Å². The number of carbonyl (C=O) groups excluding carboxylic acids is 1. The Morgan fingerprint density at radius 2 is 2.26 bits per heavy atom. The van der Waals surface area contributed by atoms with Crippen molar-refractivity contribution in [1.82, 2.24) is 5.01 Å². The van der Waals surface area contributed by atoms with E-state index in [0.29, 0.717) is 5.75 Å². The molecule has 19 heavy (non-hydrogen) atoms. The van der Waals surface area contributed by atoms with Crippen LogP contribution in [0.3, 0.4) is 0 Å². The van der Waals surface area contributed by atoms with Crippen LogP contribution in [-0.2, 0) is 9.53 Å². The van der Waals surface area contributed by atoms with Gasteiger partial charge >= 0.3 is 0 Å². The van der Waals surface area contributed by atoms with Crippen molar-refractivity contribution in [3.63, 3.8) is 0 Å². The molecule has 0 aliphatic carbocycles. The van der Waals surface area contributed by atoms with Crippen LogP contribution in [0, 0.1) is 10.1 Å². The third kappa shape index (κ3) is 4.22. The van der Waals surface area contributed by atoms with Crippen LogP contribution in [0.2, 0.25) is 0 Å². The Balaban J connectivity index is 2.91. The summed E-state index contributed by atoms with van der Waals surface area (Å²) in [5.41, 5.74) is 0.0798. The zero-order valence-electron chi connectivity index (χ0n) is 10.3. The second-order valence-electron chi connectivity index (χ2n) is 3.35. The van der Waals surface area contributed by atoms with Crippen LogP contribution in [0.15, 0.2) is 28.5 Å². The lowest BCUT2D eigenvalue weighted by atomic mass is 10.2. The maximum Gasteiger partial charge on any atom is 0.294 e. The molecule has 1 rings (SSSR count). The summed E-state index contributed by atoms with van der Waals surface area (Å²) < 4.78 is 9.47. The summed E-state index contributed by atoms with van der Waals surface area (Å²) in [6.45, 7) is 0.199. The molecule has 0 aliphatic rings. The summed E-state index contributed by atoms with van der Waals surface area (Å²) in [5, 5.41) is 19.4. The highest BCUT2D eigenvalue weighted by Gasteiger charge is 2.11. The number of hydrogen-bond donors (Lipinski definition) is 0. The number of carbonyl (C=O) groups is 1. The number of methoxy groups -OCH3 is 1. The summed E-state index contributed by atoms with van der Waals surface area (Å²) in [5.74, 6) is 0.346. The monoisotopic (exact) mass is 268 g/mol. The summed E-state index contributed by atoms with van der Waals surface area (Å²) >= 11 is 0. The molecule has 0 aliphatic heterocycles. The van der Waals surface area contributed by atoms with Crippen LogP contribution in [0.25, 0.3) is 0 Å². The largest absolute Gasteiger partial charge is 0.494 e. The molecule has 0 fully saturated rings. The summed E-state index contributed by atoms with van der Waals surface area (Å²) in [7, 11) is 2.94. The molecule has 0 radical (unpaired) electrons. The third-order valence-electron chi connectivity index (χ3n) is 2.01. The predicted molar refractivity (Wildman–Crippen MR) is 63.9 cm³/mol. The van der Waals surface area contributed by atoms with Crippen LogP contribution in [-0.4, -0.2) is 37.3 Å². The zero-order valence-corrected chi connectivity index (χ0v) is 10.3. The first-order chi connectivity index (χ1) is 9.08. The number of hydrogen-bond acceptors (Lipinski definition) is 7. The Morgan fingerprint density at radius 3 is 2.84 bits per heavy atom. The van der Waals surface area contributed by atoms with E-state index in [4.69, 9.17) is 4.74 Å². The summed E-state index contributed by atoms with van der Waals surface area (Å²) in [6, 6.07) is 3.96. The number of benzene rings is 1. The first kappa shape index (κ1) is 14.4. The van der Waals surface area contributed by atoms with Gasteiger partial charge in [-0.3, -0.25) is 14.9 Å². The number of nitro benzene ring substituents is 1. The molecule has 9 heteroatoms. The van der Waals surface area contributed by atoms with Crippen molar-refractivity contribution in [2.24, 2.45) is 10.3 Å². The van der Waals surface area contributed by atoms with Crippen LogP contribution in [0.1, 0.15) is 0 Å². The number of ether oxygens (including phenoxy) is 2. The summed E-state index contributed by atoms with van der Waals surface area (Å²) in [6.07, 6.45) is 0. The standard InChI is InChI=1S/C10H12N4O5/c1-13(6-19-7-15)12-11-9-5-8(14(16)17)3-4-10(9)18-2/h3-5,7H,6H2,1-2H3. The highest BCUT2D eigenvalue weighted by molar-refractivity contribution is 5.57. The van der Waals surface area contributed by atoms with Gasteiger partial charge in [-0.1, -0.05) is 5.22 Å². The quantitative estimate of drug-likeness (QED) is 0.245. The number of rotatable bonds is 7. The molecule has 0 unspecified atom stereocenters. The predicted octanol–water partition coefficient (Wildman–Crippen LogP) is 1.66. The zero-order chi connectivity index (χ0) is 14.3. The van der Waals surface area contributed by atoms with Crippen molar-refractivity contribution < 1.29 is 19.2 Å². The van der Waals surface area contributed by atoms with Gasteiger partial charge in [-0.25, -0.2) is 5.01 Å². The topological polar surface area (TPSA) is 107 Å². The van der Waals surface area contributed by atoms with Gasteiger partial charge in [-0.15, -0.1) is 5.11 Å². The van der Waals surface area contributed by atoms with E-state index in [0.717, 1.165) is 0 Å². The van der Waals surface area contributed by atoms with Gasteiger partial charge in [0.2, 0.25) is 0 Å². The van der Waals surface area contributed by atoms with E-state index >= 15 is 0 Å². The van der Waals surface area contributed by atoms with E-state index in [9.17, 15) is 14.9 Å². The Labute approximate surface area is 108 Å². The molecule has 0 atom stereocenters.